The van der Waals surface area contributed by atoms with Gasteiger partial charge >= 0.3 is 5.97 Å². The van der Waals surface area contributed by atoms with Crippen molar-refractivity contribution in [1.29, 1.82) is 0 Å². The third kappa shape index (κ3) is 6.55. The van der Waals surface area contributed by atoms with Gasteiger partial charge in [-0.3, -0.25) is 9.69 Å². The maximum absolute atomic E-state index is 15.5. The van der Waals surface area contributed by atoms with Gasteiger partial charge in [0.1, 0.15) is 16.6 Å². The third-order valence-corrected chi connectivity index (χ3v) is 7.07. The number of hydrogen-bond donors (Lipinski definition) is 1. The summed E-state index contributed by atoms with van der Waals surface area (Å²) in [6.07, 6.45) is 0.649. The lowest BCUT2D eigenvalue weighted by Crippen LogP contribution is -2.51. The molecule has 2 heterocycles. The molecule has 9 heteroatoms. The van der Waals surface area contributed by atoms with Crippen molar-refractivity contribution in [1.82, 2.24) is 9.88 Å². The van der Waals surface area contributed by atoms with E-state index in [2.05, 4.69) is 9.88 Å². The summed E-state index contributed by atoms with van der Waals surface area (Å²) in [7, 11) is 0. The molecular formula is C27H34Cl2F2N2O3. The summed E-state index contributed by atoms with van der Waals surface area (Å²) in [5.74, 6) is -1.59. The molecule has 1 aromatic carbocycles. The summed E-state index contributed by atoms with van der Waals surface area (Å²) in [6, 6.07) is 6.04. The Morgan fingerprint density at radius 1 is 1.22 bits per heavy atom. The minimum absolute atomic E-state index is 0.00650. The first kappa shape index (κ1) is 28.8. The molecule has 0 amide bonds. The molecular weight excluding hydrogens is 509 g/mol. The first-order valence-corrected chi connectivity index (χ1v) is 12.8. The summed E-state index contributed by atoms with van der Waals surface area (Å²) in [4.78, 5) is 19.8. The van der Waals surface area contributed by atoms with Crippen molar-refractivity contribution >= 4 is 29.2 Å². The Hall–Kier alpha value is -1.80. The quantitative estimate of drug-likeness (QED) is 0.335. The molecule has 1 saturated heterocycles. The van der Waals surface area contributed by atoms with Gasteiger partial charge in [0.15, 0.2) is 5.82 Å². The molecule has 0 unspecified atom stereocenters. The van der Waals surface area contributed by atoms with E-state index in [1.165, 1.54) is 26.0 Å². The Morgan fingerprint density at radius 3 is 2.47 bits per heavy atom. The number of rotatable bonds is 6. The van der Waals surface area contributed by atoms with Crippen LogP contribution in [0.5, 0.6) is 0 Å². The van der Waals surface area contributed by atoms with Crippen LogP contribution in [-0.4, -0.2) is 39.1 Å². The lowest BCUT2D eigenvalue weighted by atomic mass is 9.71. The Labute approximate surface area is 221 Å². The summed E-state index contributed by atoms with van der Waals surface area (Å²) in [5.41, 5.74) is -2.82. The molecule has 1 aliphatic heterocycles. The van der Waals surface area contributed by atoms with Crippen molar-refractivity contribution in [2.24, 2.45) is 5.41 Å². The Morgan fingerprint density at radius 2 is 1.89 bits per heavy atom. The summed E-state index contributed by atoms with van der Waals surface area (Å²) >= 11 is 12.1. The van der Waals surface area contributed by atoms with Crippen molar-refractivity contribution in [2.75, 3.05) is 6.54 Å². The average molecular weight is 543 g/mol. The molecule has 2 aromatic rings. The van der Waals surface area contributed by atoms with E-state index in [4.69, 9.17) is 27.9 Å². The van der Waals surface area contributed by atoms with Crippen LogP contribution in [0.4, 0.5) is 8.78 Å². The van der Waals surface area contributed by atoms with E-state index in [1.54, 1.807) is 32.9 Å². The number of halogens is 4. The van der Waals surface area contributed by atoms with Crippen LogP contribution in [-0.2, 0) is 28.1 Å². The maximum Gasteiger partial charge on any atom is 0.313 e. The Kier molecular flexibility index (Phi) is 8.41. The highest BCUT2D eigenvalue weighted by atomic mass is 35.5. The molecule has 0 bridgehead atoms. The monoisotopic (exact) mass is 542 g/mol. The number of aliphatic hydroxyl groups is 1. The van der Waals surface area contributed by atoms with Gasteiger partial charge in [-0.1, -0.05) is 35.3 Å². The number of esters is 1. The molecule has 1 fully saturated rings. The van der Waals surface area contributed by atoms with Crippen molar-refractivity contribution < 1.29 is 23.4 Å². The topological polar surface area (TPSA) is 62.7 Å². The molecule has 0 radical (unpaired) electrons. The van der Waals surface area contributed by atoms with Crippen LogP contribution in [0.3, 0.4) is 0 Å². The Balaban J connectivity index is 1.96. The zero-order valence-electron chi connectivity index (χ0n) is 21.6. The summed E-state index contributed by atoms with van der Waals surface area (Å²) in [5, 5.41) is 10.5. The summed E-state index contributed by atoms with van der Waals surface area (Å²) < 4.78 is 35.8. The molecule has 1 aliphatic rings. The summed E-state index contributed by atoms with van der Waals surface area (Å²) in [6.45, 7) is 11.0. The molecule has 1 aromatic heterocycles. The fourth-order valence-electron chi connectivity index (χ4n) is 4.73. The third-order valence-electron chi connectivity index (χ3n) is 6.58. The number of likely N-dealkylation sites (tertiary alicyclic amines) is 1. The molecule has 198 valence electrons. The van der Waals surface area contributed by atoms with Crippen LogP contribution in [0, 0.1) is 17.0 Å². The normalized spacial score (nSPS) is 21.5. The molecule has 3 rings (SSSR count). The van der Waals surface area contributed by atoms with Gasteiger partial charge in [0.25, 0.3) is 0 Å². The number of carbonyl (C=O) groups excluding carboxylic acids is 1. The number of aromatic nitrogens is 1. The van der Waals surface area contributed by atoms with E-state index in [0.717, 1.165) is 0 Å². The van der Waals surface area contributed by atoms with E-state index in [1.807, 2.05) is 6.92 Å². The SMILES string of the molecule is C[C@@H]1C[C@](Cc2nc(Cl)cc(C(C)(C)O)c2F)(C(=O)OC(C)(C)C)CCN1Cc1cccc(Cl)c1F. The zero-order chi connectivity index (χ0) is 27.1. The molecule has 36 heavy (non-hydrogen) atoms. The minimum Gasteiger partial charge on any atom is -0.460 e. The molecule has 5 nitrogen and oxygen atoms in total. The van der Waals surface area contributed by atoms with Crippen molar-refractivity contribution in [3.8, 4) is 0 Å². The van der Waals surface area contributed by atoms with Crippen LogP contribution in [0.25, 0.3) is 0 Å². The van der Waals surface area contributed by atoms with E-state index < -0.39 is 34.2 Å². The minimum atomic E-state index is -1.48. The van der Waals surface area contributed by atoms with Crippen molar-refractivity contribution in [3.05, 3.63) is 62.9 Å². The largest absolute Gasteiger partial charge is 0.460 e. The number of ether oxygens (including phenoxy) is 1. The molecule has 1 N–H and O–H groups in total. The van der Waals surface area contributed by atoms with E-state index in [0.29, 0.717) is 31.5 Å². The van der Waals surface area contributed by atoms with Gasteiger partial charge in [-0.15, -0.1) is 0 Å². The van der Waals surface area contributed by atoms with Gasteiger partial charge in [0.05, 0.1) is 21.7 Å². The lowest BCUT2D eigenvalue weighted by molar-refractivity contribution is -0.172. The van der Waals surface area contributed by atoms with Crippen LogP contribution in [0.2, 0.25) is 10.2 Å². The number of hydrogen-bond acceptors (Lipinski definition) is 5. The first-order valence-electron chi connectivity index (χ1n) is 12.0. The highest BCUT2D eigenvalue weighted by Gasteiger charge is 2.47. The van der Waals surface area contributed by atoms with Crippen molar-refractivity contribution in [3.63, 3.8) is 0 Å². The molecule has 0 spiro atoms. The number of benzene rings is 1. The van der Waals surface area contributed by atoms with Crippen molar-refractivity contribution in [2.45, 2.75) is 84.6 Å². The second kappa shape index (κ2) is 10.5. The smallest absolute Gasteiger partial charge is 0.313 e. The van der Waals surface area contributed by atoms with Gasteiger partial charge in [-0.2, -0.15) is 0 Å². The predicted octanol–water partition coefficient (Wildman–Crippen LogP) is 6.45. The number of carbonyl (C=O) groups is 1. The highest BCUT2D eigenvalue weighted by Crippen LogP contribution is 2.42. The average Bonchev–Trinajstić information content (AvgIpc) is 2.73. The van der Waals surface area contributed by atoms with Gasteiger partial charge in [0.2, 0.25) is 0 Å². The number of piperidine rings is 1. The highest BCUT2D eigenvalue weighted by molar-refractivity contribution is 6.30. The van der Waals surface area contributed by atoms with E-state index in [9.17, 15) is 14.3 Å². The second-order valence-corrected chi connectivity index (χ2v) is 12.1. The second-order valence-electron chi connectivity index (χ2n) is 11.3. The van der Waals surface area contributed by atoms with Gasteiger partial charge < -0.3 is 9.84 Å². The first-order chi connectivity index (χ1) is 16.5. The van der Waals surface area contributed by atoms with Gasteiger partial charge in [-0.05, 0) is 73.1 Å². The van der Waals surface area contributed by atoms with Crippen LogP contribution >= 0.6 is 23.2 Å². The van der Waals surface area contributed by atoms with Crippen LogP contribution < -0.4 is 0 Å². The number of nitrogens with zero attached hydrogens (tertiary/aromatic N) is 2. The van der Waals surface area contributed by atoms with Crippen LogP contribution in [0.15, 0.2) is 24.3 Å². The number of pyridine rings is 1. The standard InChI is InChI=1S/C27H34Cl2F2N2O3/c1-16-13-27(24(34)36-25(2,3)4,10-11-33(16)15-17-8-7-9-19(28)22(17)30)14-20-23(31)18(26(5,6)35)12-21(29)32-20/h7-9,12,16,35H,10-11,13-15H2,1-6H3/t16-,27-/m1/s1. The molecule has 2 atom stereocenters. The van der Waals surface area contributed by atoms with Gasteiger partial charge in [0, 0.05) is 30.1 Å². The maximum atomic E-state index is 15.5. The lowest BCUT2D eigenvalue weighted by Gasteiger charge is -2.45. The van der Waals surface area contributed by atoms with E-state index in [-0.39, 0.29) is 33.9 Å². The molecule has 0 saturated carbocycles. The predicted molar refractivity (Wildman–Crippen MR) is 137 cm³/mol. The van der Waals surface area contributed by atoms with E-state index >= 15 is 4.39 Å². The fraction of sp³-hybridized carbons (Fsp3) is 0.556. The van der Waals surface area contributed by atoms with Crippen LogP contribution in [0.1, 0.15) is 71.2 Å². The van der Waals surface area contributed by atoms with Gasteiger partial charge in [-0.25, -0.2) is 13.8 Å². The fourth-order valence-corrected chi connectivity index (χ4v) is 5.14. The molecule has 0 aliphatic carbocycles. The zero-order valence-corrected chi connectivity index (χ0v) is 23.1. The Bertz CT molecular complexity index is 1130.